The Morgan fingerprint density at radius 3 is 2.83 bits per heavy atom. The third-order valence-electron chi connectivity index (χ3n) is 4.65. The van der Waals surface area contributed by atoms with E-state index in [-0.39, 0.29) is 24.4 Å². The van der Waals surface area contributed by atoms with E-state index in [9.17, 15) is 4.79 Å². The van der Waals surface area contributed by atoms with Crippen LogP contribution in [-0.2, 0) is 4.79 Å². The van der Waals surface area contributed by atoms with E-state index in [1.807, 2.05) is 12.1 Å². The van der Waals surface area contributed by atoms with Gasteiger partial charge in [-0.15, -0.1) is 12.4 Å². The molecule has 2 aromatic rings. The van der Waals surface area contributed by atoms with Crippen LogP contribution >= 0.6 is 12.4 Å². The van der Waals surface area contributed by atoms with E-state index in [0.717, 1.165) is 19.6 Å². The number of carbonyl (C=O) groups is 1. The van der Waals surface area contributed by atoms with E-state index in [0.29, 0.717) is 12.6 Å². The van der Waals surface area contributed by atoms with Crippen molar-refractivity contribution in [3.63, 3.8) is 0 Å². The summed E-state index contributed by atoms with van der Waals surface area (Å²) in [6, 6.07) is 15.0. The zero-order valence-electron chi connectivity index (χ0n) is 14.3. The van der Waals surface area contributed by atoms with Gasteiger partial charge >= 0.3 is 0 Å². The first-order valence-electron chi connectivity index (χ1n) is 8.37. The molecule has 1 saturated heterocycles. The van der Waals surface area contributed by atoms with Crippen LogP contribution in [0.2, 0.25) is 0 Å². The van der Waals surface area contributed by atoms with Gasteiger partial charge in [-0.2, -0.15) is 0 Å². The second-order valence-corrected chi connectivity index (χ2v) is 6.38. The maximum absolute atomic E-state index is 12.4. The topological polar surface area (TPSA) is 44.4 Å². The maximum atomic E-state index is 12.4. The van der Waals surface area contributed by atoms with Crippen molar-refractivity contribution in [2.75, 3.05) is 26.2 Å². The minimum Gasteiger partial charge on any atom is -0.348 e. The Bertz CT molecular complexity index is 686. The SMILES string of the molecule is CC(NC(=O)CN1CCNC[C@@H]1C)c1cccc2ccccc12.Cl. The number of benzene rings is 2. The summed E-state index contributed by atoms with van der Waals surface area (Å²) in [6.45, 7) is 7.52. The van der Waals surface area contributed by atoms with Crippen molar-refractivity contribution in [1.82, 2.24) is 15.5 Å². The molecule has 1 fully saturated rings. The molecule has 1 unspecified atom stereocenters. The number of carbonyl (C=O) groups excluding carboxylic acids is 1. The van der Waals surface area contributed by atoms with E-state index in [1.165, 1.54) is 16.3 Å². The van der Waals surface area contributed by atoms with Gasteiger partial charge in [-0.25, -0.2) is 0 Å². The molecular weight excluding hydrogens is 322 g/mol. The van der Waals surface area contributed by atoms with Crippen LogP contribution in [0.15, 0.2) is 42.5 Å². The van der Waals surface area contributed by atoms with E-state index in [1.54, 1.807) is 0 Å². The standard InChI is InChI=1S/C19H25N3O.ClH/c1-14-12-20-10-11-22(14)13-19(23)21-15(2)17-9-5-7-16-6-3-4-8-18(16)17;/h3-9,14-15,20H,10-13H2,1-2H3,(H,21,23);1H/t14-,15?;/m0./s1. The van der Waals surface area contributed by atoms with Crippen molar-refractivity contribution in [3.05, 3.63) is 48.0 Å². The highest BCUT2D eigenvalue weighted by Crippen LogP contribution is 2.23. The number of nitrogens with one attached hydrogen (secondary N) is 2. The Morgan fingerprint density at radius 2 is 2.04 bits per heavy atom. The monoisotopic (exact) mass is 347 g/mol. The molecule has 2 aromatic carbocycles. The van der Waals surface area contributed by atoms with Crippen LogP contribution in [0.4, 0.5) is 0 Å². The van der Waals surface area contributed by atoms with E-state index in [4.69, 9.17) is 0 Å². The molecule has 0 radical (unpaired) electrons. The van der Waals surface area contributed by atoms with Gasteiger partial charge in [-0.05, 0) is 30.2 Å². The average molecular weight is 348 g/mol. The Morgan fingerprint density at radius 1 is 1.29 bits per heavy atom. The zero-order chi connectivity index (χ0) is 16.2. The van der Waals surface area contributed by atoms with Gasteiger partial charge in [0.25, 0.3) is 0 Å². The average Bonchev–Trinajstić information content (AvgIpc) is 2.56. The molecule has 1 aliphatic heterocycles. The van der Waals surface area contributed by atoms with E-state index in [2.05, 4.69) is 59.7 Å². The predicted octanol–water partition coefficient (Wildman–Crippen LogP) is 2.73. The molecule has 130 valence electrons. The summed E-state index contributed by atoms with van der Waals surface area (Å²) in [6.07, 6.45) is 0. The van der Waals surface area contributed by atoms with Gasteiger partial charge in [-0.1, -0.05) is 42.5 Å². The summed E-state index contributed by atoms with van der Waals surface area (Å²) < 4.78 is 0. The number of hydrogen-bond donors (Lipinski definition) is 2. The fourth-order valence-corrected chi connectivity index (χ4v) is 3.30. The highest BCUT2D eigenvalue weighted by Gasteiger charge is 2.21. The van der Waals surface area contributed by atoms with Crippen molar-refractivity contribution in [1.29, 1.82) is 0 Å². The lowest BCUT2D eigenvalue weighted by atomic mass is 10.00. The molecule has 0 bridgehead atoms. The molecule has 1 heterocycles. The van der Waals surface area contributed by atoms with Crippen molar-refractivity contribution in [2.24, 2.45) is 0 Å². The van der Waals surface area contributed by atoms with Crippen LogP contribution in [0.25, 0.3) is 10.8 Å². The van der Waals surface area contributed by atoms with Gasteiger partial charge in [0.05, 0.1) is 12.6 Å². The first kappa shape index (κ1) is 18.7. The summed E-state index contributed by atoms with van der Waals surface area (Å²) in [4.78, 5) is 14.6. The molecule has 2 N–H and O–H groups in total. The van der Waals surface area contributed by atoms with Gasteiger partial charge in [0.2, 0.25) is 5.91 Å². The predicted molar refractivity (Wildman–Crippen MR) is 102 cm³/mol. The highest BCUT2D eigenvalue weighted by atomic mass is 35.5. The van der Waals surface area contributed by atoms with Crippen LogP contribution in [0.5, 0.6) is 0 Å². The van der Waals surface area contributed by atoms with Gasteiger partial charge in [0.15, 0.2) is 0 Å². The van der Waals surface area contributed by atoms with E-state index >= 15 is 0 Å². The first-order valence-corrected chi connectivity index (χ1v) is 8.37. The van der Waals surface area contributed by atoms with Crippen molar-refractivity contribution >= 4 is 29.1 Å². The minimum atomic E-state index is 0. The molecule has 24 heavy (non-hydrogen) atoms. The fraction of sp³-hybridized carbons (Fsp3) is 0.421. The Balaban J connectivity index is 0.00000208. The Kier molecular flexibility index (Phi) is 6.60. The fourth-order valence-electron chi connectivity index (χ4n) is 3.30. The number of hydrogen-bond acceptors (Lipinski definition) is 3. The summed E-state index contributed by atoms with van der Waals surface area (Å²) in [5, 5.41) is 8.92. The lowest BCUT2D eigenvalue weighted by Gasteiger charge is -2.33. The molecule has 0 aliphatic carbocycles. The third kappa shape index (κ3) is 4.26. The largest absolute Gasteiger partial charge is 0.348 e. The van der Waals surface area contributed by atoms with Crippen LogP contribution in [0.1, 0.15) is 25.5 Å². The number of amides is 1. The van der Waals surface area contributed by atoms with Crippen LogP contribution in [-0.4, -0.2) is 43.0 Å². The van der Waals surface area contributed by atoms with Crippen molar-refractivity contribution in [2.45, 2.75) is 25.9 Å². The molecular formula is C19H26ClN3O. The third-order valence-corrected chi connectivity index (χ3v) is 4.65. The quantitative estimate of drug-likeness (QED) is 0.893. The molecule has 4 nitrogen and oxygen atoms in total. The smallest absolute Gasteiger partial charge is 0.234 e. The second-order valence-electron chi connectivity index (χ2n) is 6.38. The molecule has 3 rings (SSSR count). The molecule has 0 spiro atoms. The van der Waals surface area contributed by atoms with Crippen molar-refractivity contribution in [3.8, 4) is 0 Å². The minimum absolute atomic E-state index is 0. The number of fused-ring (bicyclic) bond motifs is 1. The molecule has 0 saturated carbocycles. The second kappa shape index (κ2) is 8.47. The Labute approximate surface area is 150 Å². The normalized spacial score (nSPS) is 19.5. The van der Waals surface area contributed by atoms with Crippen LogP contribution < -0.4 is 10.6 Å². The number of rotatable bonds is 4. The Hall–Kier alpha value is -1.62. The zero-order valence-corrected chi connectivity index (χ0v) is 15.1. The maximum Gasteiger partial charge on any atom is 0.234 e. The van der Waals surface area contributed by atoms with E-state index < -0.39 is 0 Å². The number of nitrogens with zero attached hydrogens (tertiary/aromatic N) is 1. The van der Waals surface area contributed by atoms with Gasteiger partial charge in [-0.3, -0.25) is 9.69 Å². The molecule has 5 heteroatoms. The highest BCUT2D eigenvalue weighted by molar-refractivity contribution is 5.87. The molecule has 0 aromatic heterocycles. The summed E-state index contributed by atoms with van der Waals surface area (Å²) in [7, 11) is 0. The molecule has 1 aliphatic rings. The van der Waals surface area contributed by atoms with Crippen molar-refractivity contribution < 1.29 is 4.79 Å². The lowest BCUT2D eigenvalue weighted by Crippen LogP contribution is -2.52. The van der Waals surface area contributed by atoms with Crippen LogP contribution in [0, 0.1) is 0 Å². The van der Waals surface area contributed by atoms with Gasteiger partial charge in [0.1, 0.15) is 0 Å². The van der Waals surface area contributed by atoms with Crippen LogP contribution in [0.3, 0.4) is 0 Å². The van der Waals surface area contributed by atoms with Gasteiger partial charge < -0.3 is 10.6 Å². The lowest BCUT2D eigenvalue weighted by molar-refractivity contribution is -0.123. The molecule has 1 amide bonds. The summed E-state index contributed by atoms with van der Waals surface area (Å²) in [5.74, 6) is 0.0965. The van der Waals surface area contributed by atoms with Gasteiger partial charge in [0, 0.05) is 25.7 Å². The molecule has 2 atom stereocenters. The summed E-state index contributed by atoms with van der Waals surface area (Å²) in [5.41, 5.74) is 1.17. The summed E-state index contributed by atoms with van der Waals surface area (Å²) >= 11 is 0. The number of piperazine rings is 1. The number of halogens is 1. The first-order chi connectivity index (χ1) is 11.1.